The van der Waals surface area contributed by atoms with E-state index in [1.165, 1.54) is 13.1 Å². The van der Waals surface area contributed by atoms with Gasteiger partial charge < -0.3 is 19.0 Å². The van der Waals surface area contributed by atoms with E-state index in [0.717, 1.165) is 0 Å². The highest BCUT2D eigenvalue weighted by Gasteiger charge is 2.44. The molecule has 0 spiro atoms. The molecule has 4 rings (SSSR count). The Morgan fingerprint density at radius 3 is 2.83 bits per heavy atom. The van der Waals surface area contributed by atoms with Crippen LogP contribution >= 0.6 is 0 Å². The summed E-state index contributed by atoms with van der Waals surface area (Å²) in [5.74, 6) is -0.0586. The summed E-state index contributed by atoms with van der Waals surface area (Å²) in [6.07, 6.45) is -3.96. The first-order valence-corrected chi connectivity index (χ1v) is 9.56. The SMILES string of the molecule is CC(F)c1nnc(-c2cnc3c(c2)C[N+]([O-])(C2CCOC[C@H]2NCC(F)(F)F)C3)o1. The summed E-state index contributed by atoms with van der Waals surface area (Å²) < 4.78 is 61.1. The molecule has 3 unspecified atom stereocenters. The number of aromatic nitrogens is 3. The normalized spacial score (nSPS) is 27.8. The molecule has 164 valence electrons. The molecule has 1 fully saturated rings. The summed E-state index contributed by atoms with van der Waals surface area (Å²) in [6, 6.07) is 0.384. The van der Waals surface area contributed by atoms with Gasteiger partial charge in [0, 0.05) is 18.2 Å². The molecule has 12 heteroatoms. The predicted octanol–water partition coefficient (Wildman–Crippen LogP) is 2.80. The average molecular weight is 431 g/mol. The first-order valence-electron chi connectivity index (χ1n) is 9.56. The minimum atomic E-state index is -4.37. The van der Waals surface area contributed by atoms with Crippen molar-refractivity contribution in [3.05, 3.63) is 34.6 Å². The predicted molar refractivity (Wildman–Crippen MR) is 95.2 cm³/mol. The molecule has 0 aromatic carbocycles. The van der Waals surface area contributed by atoms with Gasteiger partial charge in [0.1, 0.15) is 24.8 Å². The summed E-state index contributed by atoms with van der Waals surface area (Å²) >= 11 is 0. The van der Waals surface area contributed by atoms with E-state index in [9.17, 15) is 22.8 Å². The van der Waals surface area contributed by atoms with Crippen molar-refractivity contribution in [3.8, 4) is 11.5 Å². The van der Waals surface area contributed by atoms with Gasteiger partial charge in [-0.25, -0.2) is 4.39 Å². The van der Waals surface area contributed by atoms with Crippen molar-refractivity contribution in [2.45, 2.75) is 50.9 Å². The van der Waals surface area contributed by atoms with Gasteiger partial charge in [-0.15, -0.1) is 10.2 Å². The third-order valence-electron chi connectivity index (χ3n) is 5.43. The molecule has 2 aromatic rings. The minimum absolute atomic E-state index is 0.0458. The van der Waals surface area contributed by atoms with Gasteiger partial charge in [-0.2, -0.15) is 13.2 Å². The van der Waals surface area contributed by atoms with Gasteiger partial charge in [-0.1, -0.05) is 0 Å². The lowest BCUT2D eigenvalue weighted by Gasteiger charge is -2.50. The van der Waals surface area contributed by atoms with Gasteiger partial charge in [0.2, 0.25) is 5.89 Å². The van der Waals surface area contributed by atoms with E-state index in [1.54, 1.807) is 6.07 Å². The standard InChI is InChI=1S/C18H21F4N5O3/c1-10(19)16-25-26-17(30-16)11-4-12-6-27(28,7-13(12)23-5-11)15-2-3-29-8-14(15)24-9-18(20,21)22/h4-5,10,14-15,24H,2-3,6-9H2,1H3/t10?,14-,15?,27?/m1/s1. The summed E-state index contributed by atoms with van der Waals surface area (Å²) in [6.45, 7) is 0.576. The number of alkyl halides is 4. The van der Waals surface area contributed by atoms with Crippen LogP contribution < -0.4 is 5.32 Å². The van der Waals surface area contributed by atoms with E-state index in [-0.39, 0.29) is 31.5 Å². The second kappa shape index (κ2) is 7.84. The molecule has 2 aliphatic rings. The summed E-state index contributed by atoms with van der Waals surface area (Å²) in [5.41, 5.74) is 1.70. The number of rotatable bonds is 5. The van der Waals surface area contributed by atoms with Crippen molar-refractivity contribution in [3.63, 3.8) is 0 Å². The number of hydrogen-bond acceptors (Lipinski definition) is 7. The van der Waals surface area contributed by atoms with E-state index in [4.69, 9.17) is 9.15 Å². The van der Waals surface area contributed by atoms with E-state index in [1.807, 2.05) is 0 Å². The van der Waals surface area contributed by atoms with Gasteiger partial charge in [0.15, 0.2) is 6.17 Å². The van der Waals surface area contributed by atoms with E-state index < -0.39 is 35.6 Å². The van der Waals surface area contributed by atoms with Crippen LogP contribution in [0.4, 0.5) is 17.6 Å². The zero-order valence-corrected chi connectivity index (χ0v) is 16.2. The molecule has 0 amide bonds. The number of hydrogen-bond donors (Lipinski definition) is 1. The molecule has 2 aromatic heterocycles. The van der Waals surface area contributed by atoms with E-state index in [2.05, 4.69) is 20.5 Å². The molecule has 1 saturated heterocycles. The fraction of sp³-hybridized carbons (Fsp3) is 0.611. The largest absolute Gasteiger partial charge is 0.632 e. The van der Waals surface area contributed by atoms with Crippen LogP contribution in [-0.2, 0) is 17.8 Å². The first-order chi connectivity index (χ1) is 14.1. The Bertz CT molecular complexity index is 906. The molecule has 0 bridgehead atoms. The maximum absolute atomic E-state index is 13.6. The number of nitrogens with one attached hydrogen (secondary N) is 1. The first kappa shape index (κ1) is 21.1. The van der Waals surface area contributed by atoms with Crippen LogP contribution in [0.1, 0.15) is 36.7 Å². The van der Waals surface area contributed by atoms with Crippen LogP contribution in [0.5, 0.6) is 0 Å². The van der Waals surface area contributed by atoms with Crippen molar-refractivity contribution < 1.29 is 31.4 Å². The van der Waals surface area contributed by atoms with Crippen LogP contribution in [0.15, 0.2) is 16.7 Å². The Balaban J connectivity index is 1.53. The van der Waals surface area contributed by atoms with Gasteiger partial charge >= 0.3 is 6.18 Å². The Morgan fingerprint density at radius 1 is 1.33 bits per heavy atom. The third kappa shape index (κ3) is 4.31. The number of hydroxylamine groups is 3. The lowest BCUT2D eigenvalue weighted by molar-refractivity contribution is -0.927. The van der Waals surface area contributed by atoms with Crippen LogP contribution in [0.3, 0.4) is 0 Å². The third-order valence-corrected chi connectivity index (χ3v) is 5.43. The van der Waals surface area contributed by atoms with E-state index >= 15 is 0 Å². The van der Waals surface area contributed by atoms with E-state index in [0.29, 0.717) is 29.8 Å². The topological polar surface area (TPSA) is 96.1 Å². The zero-order chi connectivity index (χ0) is 21.5. The van der Waals surface area contributed by atoms with Crippen molar-refractivity contribution in [2.24, 2.45) is 0 Å². The van der Waals surface area contributed by atoms with Gasteiger partial charge in [0.25, 0.3) is 5.89 Å². The minimum Gasteiger partial charge on any atom is -0.632 e. The highest BCUT2D eigenvalue weighted by Crippen LogP contribution is 2.36. The number of fused-ring (bicyclic) bond motifs is 1. The monoisotopic (exact) mass is 431 g/mol. The Kier molecular flexibility index (Phi) is 5.51. The van der Waals surface area contributed by atoms with Crippen molar-refractivity contribution in [1.29, 1.82) is 0 Å². The Morgan fingerprint density at radius 2 is 2.13 bits per heavy atom. The molecule has 4 atom stereocenters. The molecule has 0 saturated carbocycles. The number of nitrogens with zero attached hydrogens (tertiary/aromatic N) is 4. The zero-order valence-electron chi connectivity index (χ0n) is 16.2. The van der Waals surface area contributed by atoms with Crippen molar-refractivity contribution in [2.75, 3.05) is 19.8 Å². The molecule has 1 N–H and O–H groups in total. The molecular formula is C18H21F4N5O3. The number of quaternary nitrogens is 1. The van der Waals surface area contributed by atoms with Gasteiger partial charge in [0.05, 0.1) is 31.4 Å². The van der Waals surface area contributed by atoms with Crippen LogP contribution in [-0.4, -0.2) is 57.8 Å². The van der Waals surface area contributed by atoms with Crippen molar-refractivity contribution >= 4 is 0 Å². The summed E-state index contributed by atoms with van der Waals surface area (Å²) in [5, 5.41) is 23.5. The molecule has 0 radical (unpaired) electrons. The van der Waals surface area contributed by atoms with Crippen LogP contribution in [0, 0.1) is 5.21 Å². The van der Waals surface area contributed by atoms with Crippen LogP contribution in [0.2, 0.25) is 0 Å². The lowest BCUT2D eigenvalue weighted by atomic mass is 10.0. The Hall–Kier alpha value is -2.15. The highest BCUT2D eigenvalue weighted by atomic mass is 19.4. The maximum atomic E-state index is 13.6. The number of ether oxygens (including phenoxy) is 1. The molecule has 2 aliphatic heterocycles. The summed E-state index contributed by atoms with van der Waals surface area (Å²) in [7, 11) is 0. The molecule has 8 nitrogen and oxygen atoms in total. The van der Waals surface area contributed by atoms with Gasteiger partial charge in [-0.3, -0.25) is 10.3 Å². The molecule has 0 aliphatic carbocycles. The highest BCUT2D eigenvalue weighted by molar-refractivity contribution is 5.53. The number of halogens is 4. The van der Waals surface area contributed by atoms with Gasteiger partial charge in [-0.05, 0) is 13.0 Å². The van der Waals surface area contributed by atoms with Crippen molar-refractivity contribution in [1.82, 2.24) is 20.5 Å². The fourth-order valence-electron chi connectivity index (χ4n) is 4.01. The number of pyridine rings is 1. The fourth-order valence-corrected chi connectivity index (χ4v) is 4.01. The average Bonchev–Trinajstić information content (AvgIpc) is 3.30. The quantitative estimate of drug-likeness (QED) is 0.442. The molecule has 4 heterocycles. The Labute approximate surface area is 169 Å². The smallest absolute Gasteiger partial charge is 0.401 e. The molecular weight excluding hydrogens is 410 g/mol. The second-order valence-corrected chi connectivity index (χ2v) is 7.69. The molecule has 30 heavy (non-hydrogen) atoms. The maximum Gasteiger partial charge on any atom is 0.401 e. The second-order valence-electron chi connectivity index (χ2n) is 7.69. The lowest BCUT2D eigenvalue weighted by Crippen LogP contribution is -2.61. The summed E-state index contributed by atoms with van der Waals surface area (Å²) in [4.78, 5) is 4.32. The van der Waals surface area contributed by atoms with Crippen LogP contribution in [0.25, 0.3) is 11.5 Å².